The van der Waals surface area contributed by atoms with Gasteiger partial charge in [-0.3, -0.25) is 9.59 Å². The predicted molar refractivity (Wildman–Crippen MR) is 96.2 cm³/mol. The van der Waals surface area contributed by atoms with Crippen LogP contribution in [0.2, 0.25) is 0 Å². The fraction of sp³-hybridized carbons (Fsp3) is 0.263. The first-order valence-electron chi connectivity index (χ1n) is 8.08. The summed E-state index contributed by atoms with van der Waals surface area (Å²) in [5.74, 6) is 0.220. The van der Waals surface area contributed by atoms with Crippen LogP contribution in [0.4, 0.5) is 5.69 Å². The molecule has 132 valence electrons. The number of amides is 2. The predicted octanol–water partition coefficient (Wildman–Crippen LogP) is 2.71. The normalized spacial score (nSPS) is 10.2. The van der Waals surface area contributed by atoms with Crippen LogP contribution in [0, 0.1) is 0 Å². The molecule has 25 heavy (non-hydrogen) atoms. The maximum Gasteiger partial charge on any atom is 0.255 e. The number of carbonyl (C=O) groups is 2. The fourth-order valence-corrected chi connectivity index (χ4v) is 2.15. The largest absolute Gasteiger partial charge is 0.491 e. The van der Waals surface area contributed by atoms with E-state index in [-0.39, 0.29) is 11.8 Å². The van der Waals surface area contributed by atoms with Crippen molar-refractivity contribution in [3.8, 4) is 5.75 Å². The third-order valence-electron chi connectivity index (χ3n) is 3.43. The lowest BCUT2D eigenvalue weighted by molar-refractivity contribution is 0.0961. The summed E-state index contributed by atoms with van der Waals surface area (Å²) in [6, 6.07) is 13.6. The van der Waals surface area contributed by atoms with Crippen LogP contribution in [0.1, 0.15) is 27.6 Å². The lowest BCUT2D eigenvalue weighted by atomic mass is 10.1. The highest BCUT2D eigenvalue weighted by molar-refractivity contribution is 6.05. The molecule has 0 saturated carbocycles. The lowest BCUT2D eigenvalue weighted by Crippen LogP contribution is -2.18. The van der Waals surface area contributed by atoms with Gasteiger partial charge < -0.3 is 20.1 Å². The lowest BCUT2D eigenvalue weighted by Gasteiger charge is -2.09. The number of hydrogen-bond donors (Lipinski definition) is 2. The summed E-state index contributed by atoms with van der Waals surface area (Å²) in [5, 5.41) is 5.33. The van der Waals surface area contributed by atoms with Crippen LogP contribution in [0.25, 0.3) is 0 Å². The SMILES string of the molecule is CCOCCOc1ccc(C(=O)Nc2cccc(C(=O)NC)c2)cc1. The van der Waals surface area contributed by atoms with Crippen LogP contribution in [-0.2, 0) is 4.74 Å². The molecular weight excluding hydrogens is 320 g/mol. The van der Waals surface area contributed by atoms with Crippen LogP contribution >= 0.6 is 0 Å². The van der Waals surface area contributed by atoms with Crippen LogP contribution in [0.15, 0.2) is 48.5 Å². The molecule has 0 unspecified atom stereocenters. The number of anilines is 1. The number of carbonyl (C=O) groups excluding carboxylic acids is 2. The molecule has 0 aliphatic rings. The monoisotopic (exact) mass is 342 g/mol. The number of rotatable bonds is 8. The topological polar surface area (TPSA) is 76.7 Å². The Bertz CT molecular complexity index is 714. The molecule has 0 fully saturated rings. The number of ether oxygens (including phenoxy) is 2. The van der Waals surface area contributed by atoms with Gasteiger partial charge in [-0.25, -0.2) is 0 Å². The fourth-order valence-electron chi connectivity index (χ4n) is 2.15. The Morgan fingerprint density at radius 2 is 1.72 bits per heavy atom. The highest BCUT2D eigenvalue weighted by atomic mass is 16.5. The average Bonchev–Trinajstić information content (AvgIpc) is 2.65. The summed E-state index contributed by atoms with van der Waals surface area (Å²) in [6.45, 7) is 3.58. The van der Waals surface area contributed by atoms with Gasteiger partial charge in [0.05, 0.1) is 6.61 Å². The van der Waals surface area contributed by atoms with E-state index in [1.807, 2.05) is 6.92 Å². The first-order chi connectivity index (χ1) is 12.1. The van der Waals surface area contributed by atoms with E-state index < -0.39 is 0 Å². The van der Waals surface area contributed by atoms with Gasteiger partial charge in [0.2, 0.25) is 0 Å². The standard InChI is InChI=1S/C19H22N2O4/c1-3-24-11-12-25-17-9-7-14(8-10-17)19(23)21-16-6-4-5-15(13-16)18(22)20-2/h4-10,13H,3,11-12H2,1-2H3,(H,20,22)(H,21,23). The second-order valence-corrected chi connectivity index (χ2v) is 5.18. The zero-order valence-electron chi connectivity index (χ0n) is 14.4. The van der Waals surface area contributed by atoms with Crippen molar-refractivity contribution in [1.29, 1.82) is 0 Å². The quantitative estimate of drug-likeness (QED) is 0.723. The molecule has 2 aromatic rings. The molecule has 2 aromatic carbocycles. The van der Waals surface area contributed by atoms with Gasteiger partial charge in [-0.05, 0) is 49.4 Å². The van der Waals surface area contributed by atoms with E-state index in [2.05, 4.69) is 10.6 Å². The van der Waals surface area contributed by atoms with Gasteiger partial charge in [0.15, 0.2) is 0 Å². The van der Waals surface area contributed by atoms with Crippen molar-refractivity contribution in [2.75, 3.05) is 32.2 Å². The van der Waals surface area contributed by atoms with Gasteiger partial charge in [-0.2, -0.15) is 0 Å². The molecule has 2 rings (SSSR count). The van der Waals surface area contributed by atoms with Crippen molar-refractivity contribution in [3.63, 3.8) is 0 Å². The number of hydrogen-bond acceptors (Lipinski definition) is 4. The van der Waals surface area contributed by atoms with Crippen LogP contribution in [-0.4, -0.2) is 38.7 Å². The molecule has 0 aliphatic heterocycles. The van der Waals surface area contributed by atoms with E-state index in [1.54, 1.807) is 55.6 Å². The minimum atomic E-state index is -0.255. The summed E-state index contributed by atoms with van der Waals surface area (Å²) in [6.07, 6.45) is 0. The molecule has 0 atom stereocenters. The van der Waals surface area contributed by atoms with Crippen LogP contribution in [0.5, 0.6) is 5.75 Å². The summed E-state index contributed by atoms with van der Waals surface area (Å²) in [5.41, 5.74) is 1.55. The molecule has 0 aromatic heterocycles. The summed E-state index contributed by atoms with van der Waals surface area (Å²) < 4.78 is 10.7. The Kier molecular flexibility index (Phi) is 6.98. The third kappa shape index (κ3) is 5.61. The summed E-state index contributed by atoms with van der Waals surface area (Å²) >= 11 is 0. The molecule has 2 amide bonds. The van der Waals surface area contributed by atoms with Crippen molar-refractivity contribution in [2.24, 2.45) is 0 Å². The van der Waals surface area contributed by atoms with Gasteiger partial charge in [-0.15, -0.1) is 0 Å². The van der Waals surface area contributed by atoms with Gasteiger partial charge in [0.1, 0.15) is 12.4 Å². The first-order valence-corrected chi connectivity index (χ1v) is 8.08. The Labute approximate surface area is 147 Å². The molecule has 0 spiro atoms. The van der Waals surface area contributed by atoms with E-state index in [4.69, 9.17) is 9.47 Å². The average molecular weight is 342 g/mol. The Morgan fingerprint density at radius 1 is 0.960 bits per heavy atom. The molecule has 0 heterocycles. The minimum absolute atomic E-state index is 0.204. The maximum atomic E-state index is 12.3. The molecule has 0 bridgehead atoms. The maximum absolute atomic E-state index is 12.3. The Balaban J connectivity index is 1.95. The van der Waals surface area contributed by atoms with E-state index >= 15 is 0 Å². The smallest absolute Gasteiger partial charge is 0.255 e. The Hall–Kier alpha value is -2.86. The number of nitrogens with one attached hydrogen (secondary N) is 2. The van der Waals surface area contributed by atoms with Gasteiger partial charge in [0.25, 0.3) is 11.8 Å². The molecule has 6 heteroatoms. The van der Waals surface area contributed by atoms with Gasteiger partial charge >= 0.3 is 0 Å². The minimum Gasteiger partial charge on any atom is -0.491 e. The third-order valence-corrected chi connectivity index (χ3v) is 3.43. The van der Waals surface area contributed by atoms with E-state index in [0.717, 1.165) is 0 Å². The van der Waals surface area contributed by atoms with Crippen LogP contribution in [0.3, 0.4) is 0 Å². The van der Waals surface area contributed by atoms with E-state index in [9.17, 15) is 9.59 Å². The molecule has 6 nitrogen and oxygen atoms in total. The highest BCUT2D eigenvalue weighted by Gasteiger charge is 2.08. The summed E-state index contributed by atoms with van der Waals surface area (Å²) in [4.78, 5) is 23.9. The Morgan fingerprint density at radius 3 is 2.40 bits per heavy atom. The van der Waals surface area contributed by atoms with Crippen molar-refractivity contribution in [1.82, 2.24) is 5.32 Å². The molecule has 0 saturated heterocycles. The van der Waals surface area contributed by atoms with Gasteiger partial charge in [0, 0.05) is 30.5 Å². The molecule has 0 radical (unpaired) electrons. The first kappa shape index (κ1) is 18.5. The second-order valence-electron chi connectivity index (χ2n) is 5.18. The second kappa shape index (κ2) is 9.44. The highest BCUT2D eigenvalue weighted by Crippen LogP contribution is 2.15. The molecule has 0 aliphatic carbocycles. The number of benzene rings is 2. The van der Waals surface area contributed by atoms with Crippen molar-refractivity contribution in [2.45, 2.75) is 6.92 Å². The van der Waals surface area contributed by atoms with Crippen LogP contribution < -0.4 is 15.4 Å². The van der Waals surface area contributed by atoms with Crippen molar-refractivity contribution in [3.05, 3.63) is 59.7 Å². The molecule has 2 N–H and O–H groups in total. The van der Waals surface area contributed by atoms with E-state index in [1.165, 1.54) is 0 Å². The zero-order chi connectivity index (χ0) is 18.1. The molecular formula is C19H22N2O4. The summed E-state index contributed by atoms with van der Waals surface area (Å²) in [7, 11) is 1.56. The van der Waals surface area contributed by atoms with Crippen molar-refractivity contribution >= 4 is 17.5 Å². The van der Waals surface area contributed by atoms with Crippen molar-refractivity contribution < 1.29 is 19.1 Å². The van der Waals surface area contributed by atoms with E-state index in [0.29, 0.717) is 42.4 Å². The van der Waals surface area contributed by atoms with Gasteiger partial charge in [-0.1, -0.05) is 6.07 Å². The zero-order valence-corrected chi connectivity index (χ0v) is 14.4.